The van der Waals surface area contributed by atoms with Gasteiger partial charge in [0.05, 0.1) is 31.3 Å². The van der Waals surface area contributed by atoms with Crippen molar-refractivity contribution in [3.63, 3.8) is 0 Å². The molecule has 0 aliphatic heterocycles. The highest BCUT2D eigenvalue weighted by atomic mass is 16.4. The number of carboxylic acid groups (broad SMARTS) is 1. The lowest BCUT2D eigenvalue weighted by Crippen LogP contribution is -2.58. The van der Waals surface area contributed by atoms with E-state index in [-0.39, 0.29) is 57.4 Å². The second kappa shape index (κ2) is 24.8. The Hall–Kier alpha value is -3.30. The lowest BCUT2D eigenvalue weighted by molar-refractivity contribution is -0.137. The summed E-state index contributed by atoms with van der Waals surface area (Å²) in [5, 5.41) is 51.6. The van der Waals surface area contributed by atoms with Gasteiger partial charge in [-0.05, 0) is 37.0 Å². The Kier molecular flexibility index (Phi) is 24.2. The first kappa shape index (κ1) is 46.8. The van der Waals surface area contributed by atoms with Crippen LogP contribution in [0, 0.1) is 17.8 Å². The number of aliphatic carboxylic acids is 1. The zero-order valence-electron chi connectivity index (χ0n) is 29.0. The number of carbonyl (C=O) groups excluding carboxylic acids is 5. The van der Waals surface area contributed by atoms with Crippen molar-refractivity contribution in [1.82, 2.24) is 26.6 Å². The van der Waals surface area contributed by atoms with Crippen molar-refractivity contribution in [3.05, 3.63) is 0 Å². The predicted molar refractivity (Wildman–Crippen MR) is 181 cm³/mol. The van der Waals surface area contributed by atoms with Gasteiger partial charge in [-0.3, -0.25) is 28.8 Å². The second-order valence-corrected chi connectivity index (χ2v) is 12.9. The minimum atomic E-state index is -1.33. The van der Waals surface area contributed by atoms with Gasteiger partial charge in [-0.2, -0.15) is 0 Å². The molecule has 7 atom stereocenters. The van der Waals surface area contributed by atoms with Crippen molar-refractivity contribution < 1.29 is 49.2 Å². The number of nitrogens with one attached hydrogen (secondary N) is 5. The maximum Gasteiger partial charge on any atom is 0.303 e. The summed E-state index contributed by atoms with van der Waals surface area (Å²) < 4.78 is 0. The lowest BCUT2D eigenvalue weighted by Gasteiger charge is -2.30. The van der Waals surface area contributed by atoms with Crippen molar-refractivity contribution in [3.8, 4) is 0 Å². The Morgan fingerprint density at radius 1 is 0.750 bits per heavy atom. The fraction of sp³-hybridized carbons (Fsp3) is 0.818. The van der Waals surface area contributed by atoms with E-state index in [1.807, 2.05) is 27.7 Å². The quantitative estimate of drug-likeness (QED) is 0.0683. The average Bonchev–Trinajstić information content (AvgIpc) is 2.99. The molecule has 48 heavy (non-hydrogen) atoms. The van der Waals surface area contributed by atoms with Crippen molar-refractivity contribution >= 4 is 35.5 Å². The van der Waals surface area contributed by atoms with Gasteiger partial charge in [0.2, 0.25) is 29.5 Å². The standard InChI is InChI=1S/C32H59N5O10.CH4/c1-8-11-22(34-32(47)29(20(7)9-2)36-25(41)12-10-13-27(43)44)30(45)35-23(14-18(3)4)24(40)15-26(42)37-28(19(5)6)31(46)33-16-21(39)17-38;/h18-24,28-29,38-40H,8-17H2,1-7H3,(H,33,46)(H,34,47)(H,35,45)(H,36,41)(H,37,42)(H,43,44);1H4/t20-,21?,22+,23+,24+,28+,29+;/m1./s1. The Bertz CT molecular complexity index is 1010. The molecule has 0 radical (unpaired) electrons. The first-order chi connectivity index (χ1) is 22.0. The van der Waals surface area contributed by atoms with Crippen LogP contribution in [0.25, 0.3) is 0 Å². The molecule has 0 aromatic carbocycles. The second-order valence-electron chi connectivity index (χ2n) is 12.9. The first-order valence-corrected chi connectivity index (χ1v) is 16.6. The molecule has 0 fully saturated rings. The van der Waals surface area contributed by atoms with E-state index in [1.165, 1.54) is 0 Å². The highest BCUT2D eigenvalue weighted by molar-refractivity contribution is 5.92. The summed E-state index contributed by atoms with van der Waals surface area (Å²) >= 11 is 0. The Labute approximate surface area is 285 Å². The third-order valence-electron chi connectivity index (χ3n) is 7.72. The zero-order chi connectivity index (χ0) is 36.3. The molecule has 0 aliphatic rings. The molecule has 0 aromatic heterocycles. The number of aliphatic hydroxyl groups excluding tert-OH is 3. The molecular weight excluding hydrogens is 626 g/mol. The summed E-state index contributed by atoms with van der Waals surface area (Å²) in [5.41, 5.74) is 0. The summed E-state index contributed by atoms with van der Waals surface area (Å²) in [7, 11) is 0. The highest BCUT2D eigenvalue weighted by Crippen LogP contribution is 2.14. The number of carboxylic acids is 1. The fourth-order valence-corrected chi connectivity index (χ4v) is 4.76. The average molecular weight is 690 g/mol. The lowest BCUT2D eigenvalue weighted by atomic mass is 9.95. The van der Waals surface area contributed by atoms with E-state index in [0.29, 0.717) is 19.3 Å². The number of carbonyl (C=O) groups is 6. The fourth-order valence-electron chi connectivity index (χ4n) is 4.76. The summed E-state index contributed by atoms with van der Waals surface area (Å²) in [6, 6.07) is -3.79. The van der Waals surface area contributed by atoms with Crippen LogP contribution in [0.15, 0.2) is 0 Å². The van der Waals surface area contributed by atoms with Crippen LogP contribution in [0.1, 0.15) is 107 Å². The Morgan fingerprint density at radius 2 is 1.35 bits per heavy atom. The van der Waals surface area contributed by atoms with Gasteiger partial charge in [-0.25, -0.2) is 0 Å². The molecule has 0 heterocycles. The summed E-state index contributed by atoms with van der Waals surface area (Å²) in [4.78, 5) is 75.6. The molecule has 0 saturated heterocycles. The summed E-state index contributed by atoms with van der Waals surface area (Å²) in [6.07, 6.45) is -1.39. The number of rotatable bonds is 24. The first-order valence-electron chi connectivity index (χ1n) is 16.6. The van der Waals surface area contributed by atoms with Crippen molar-refractivity contribution in [2.24, 2.45) is 17.8 Å². The van der Waals surface area contributed by atoms with E-state index < -0.39 is 84.9 Å². The van der Waals surface area contributed by atoms with Crippen LogP contribution in [0.2, 0.25) is 0 Å². The largest absolute Gasteiger partial charge is 0.481 e. The SMILES string of the molecule is C.CCC[C@H](NC(=O)[C@@H](NC(=O)CCCC(=O)O)[C@H](C)CC)C(=O)N[C@@H](CC(C)C)[C@@H](O)CC(=O)N[C@H](C(=O)NCC(O)CO)C(C)C. The maximum absolute atomic E-state index is 13.5. The van der Waals surface area contributed by atoms with E-state index in [0.717, 1.165) is 0 Å². The Balaban J connectivity index is 0. The van der Waals surface area contributed by atoms with E-state index in [2.05, 4.69) is 26.6 Å². The van der Waals surface area contributed by atoms with Crippen molar-refractivity contribution in [2.45, 2.75) is 144 Å². The van der Waals surface area contributed by atoms with Gasteiger partial charge in [0.1, 0.15) is 18.1 Å². The molecule has 15 heteroatoms. The van der Waals surface area contributed by atoms with E-state index in [9.17, 15) is 39.0 Å². The third-order valence-corrected chi connectivity index (χ3v) is 7.72. The van der Waals surface area contributed by atoms with Gasteiger partial charge < -0.3 is 47.0 Å². The van der Waals surface area contributed by atoms with Gasteiger partial charge >= 0.3 is 5.97 Å². The zero-order valence-corrected chi connectivity index (χ0v) is 29.0. The van der Waals surface area contributed by atoms with Crippen LogP contribution in [0.3, 0.4) is 0 Å². The third kappa shape index (κ3) is 18.9. The van der Waals surface area contributed by atoms with Crippen LogP contribution >= 0.6 is 0 Å². The molecule has 9 N–H and O–H groups in total. The van der Waals surface area contributed by atoms with E-state index in [4.69, 9.17) is 10.2 Å². The number of aliphatic hydroxyl groups is 3. The van der Waals surface area contributed by atoms with Crippen LogP contribution < -0.4 is 26.6 Å². The molecule has 280 valence electrons. The predicted octanol–water partition coefficient (Wildman–Crippen LogP) is 0.585. The van der Waals surface area contributed by atoms with Crippen molar-refractivity contribution in [2.75, 3.05) is 13.2 Å². The molecule has 5 amide bonds. The molecule has 1 unspecified atom stereocenters. The smallest absolute Gasteiger partial charge is 0.303 e. The normalized spacial score (nSPS) is 15.5. The van der Waals surface area contributed by atoms with Crippen LogP contribution in [0.4, 0.5) is 0 Å². The van der Waals surface area contributed by atoms with Gasteiger partial charge in [-0.15, -0.1) is 0 Å². The van der Waals surface area contributed by atoms with Gasteiger partial charge in [0, 0.05) is 19.4 Å². The molecular formula is C33H63N5O10. The minimum absolute atomic E-state index is 0. The highest BCUT2D eigenvalue weighted by Gasteiger charge is 2.33. The Morgan fingerprint density at radius 3 is 1.85 bits per heavy atom. The molecule has 0 aliphatic carbocycles. The van der Waals surface area contributed by atoms with Crippen molar-refractivity contribution in [1.29, 1.82) is 0 Å². The minimum Gasteiger partial charge on any atom is -0.481 e. The van der Waals surface area contributed by atoms with Crippen LogP contribution in [-0.2, 0) is 28.8 Å². The number of amides is 5. The van der Waals surface area contributed by atoms with E-state index >= 15 is 0 Å². The monoisotopic (exact) mass is 689 g/mol. The number of hydrogen-bond donors (Lipinski definition) is 9. The molecule has 0 aromatic rings. The topological polar surface area (TPSA) is 243 Å². The molecule has 15 nitrogen and oxygen atoms in total. The summed E-state index contributed by atoms with van der Waals surface area (Å²) in [5.74, 6) is -4.43. The van der Waals surface area contributed by atoms with Gasteiger partial charge in [-0.1, -0.05) is 68.7 Å². The van der Waals surface area contributed by atoms with E-state index in [1.54, 1.807) is 20.8 Å². The molecule has 0 spiro atoms. The van der Waals surface area contributed by atoms with Gasteiger partial charge in [0.15, 0.2) is 0 Å². The van der Waals surface area contributed by atoms with Crippen LogP contribution in [0.5, 0.6) is 0 Å². The molecule has 0 saturated carbocycles. The van der Waals surface area contributed by atoms with Gasteiger partial charge in [0.25, 0.3) is 0 Å². The molecule has 0 bridgehead atoms. The van der Waals surface area contributed by atoms with Crippen LogP contribution in [-0.4, -0.2) is 105 Å². The molecule has 0 rings (SSSR count). The number of hydrogen-bond acceptors (Lipinski definition) is 9. The summed E-state index contributed by atoms with van der Waals surface area (Å²) in [6.45, 7) is 11.9. The maximum atomic E-state index is 13.5.